The van der Waals surface area contributed by atoms with Crippen molar-refractivity contribution < 1.29 is 14.3 Å². The number of carbonyl (C=O) groups excluding carboxylic acids is 2. The van der Waals surface area contributed by atoms with Crippen LogP contribution >= 0.6 is 23.2 Å². The van der Waals surface area contributed by atoms with Gasteiger partial charge >= 0.3 is 5.97 Å². The summed E-state index contributed by atoms with van der Waals surface area (Å²) in [6.07, 6.45) is 1.88. The van der Waals surface area contributed by atoms with E-state index in [0.29, 0.717) is 24.2 Å². The van der Waals surface area contributed by atoms with Crippen molar-refractivity contribution in [1.82, 2.24) is 9.55 Å². The number of esters is 1. The minimum Gasteiger partial charge on any atom is -0.426 e. The first-order valence-corrected chi connectivity index (χ1v) is 9.09. The third-order valence-corrected chi connectivity index (χ3v) is 5.06. The Labute approximate surface area is 161 Å². The molecule has 1 heterocycles. The van der Waals surface area contributed by atoms with Gasteiger partial charge in [0.15, 0.2) is 16.6 Å². The number of ketones is 1. The lowest BCUT2D eigenvalue weighted by Gasteiger charge is -2.18. The monoisotopic (exact) mass is 392 g/mol. The Morgan fingerprint density at radius 2 is 1.92 bits per heavy atom. The van der Waals surface area contributed by atoms with E-state index in [0.717, 1.165) is 12.0 Å². The summed E-state index contributed by atoms with van der Waals surface area (Å²) >= 11 is 12.4. The first kappa shape index (κ1) is 18.7. The van der Waals surface area contributed by atoms with Crippen molar-refractivity contribution in [2.45, 2.75) is 39.2 Å². The topological polar surface area (TPSA) is 61.2 Å². The fraction of sp³-hybridized carbons (Fsp3) is 0.316. The van der Waals surface area contributed by atoms with Gasteiger partial charge in [-0.1, -0.05) is 41.9 Å². The zero-order chi connectivity index (χ0) is 18.8. The van der Waals surface area contributed by atoms with Gasteiger partial charge in [0, 0.05) is 12.0 Å². The number of Topliss-reactive ketones (excluding diaryl/α,β-unsaturated/α-hetero) is 1. The molecule has 1 aromatic carbocycles. The number of halogens is 2. The Kier molecular flexibility index (Phi) is 5.49. The van der Waals surface area contributed by atoms with Gasteiger partial charge in [0.05, 0.1) is 6.04 Å². The lowest BCUT2D eigenvalue weighted by molar-refractivity contribution is -0.114. The molecule has 1 aliphatic carbocycles. The Morgan fingerprint density at radius 1 is 1.23 bits per heavy atom. The fourth-order valence-corrected chi connectivity index (χ4v) is 3.74. The second kappa shape index (κ2) is 7.64. The zero-order valence-corrected chi connectivity index (χ0v) is 16.0. The largest absolute Gasteiger partial charge is 0.426 e. The molecule has 0 aliphatic heterocycles. The van der Waals surface area contributed by atoms with Crippen LogP contribution in [0.1, 0.15) is 55.2 Å². The maximum absolute atomic E-state index is 12.7. The molecule has 0 spiro atoms. The molecule has 1 fully saturated rings. The van der Waals surface area contributed by atoms with Gasteiger partial charge in [-0.15, -0.1) is 0 Å². The van der Waals surface area contributed by atoms with Crippen LogP contribution in [0.4, 0.5) is 0 Å². The van der Waals surface area contributed by atoms with Crippen molar-refractivity contribution in [2.75, 3.05) is 0 Å². The molecular weight excluding hydrogens is 375 g/mol. The summed E-state index contributed by atoms with van der Waals surface area (Å²) in [5.41, 5.74) is 1.57. The Bertz CT molecular complexity index is 888. The molecule has 1 aliphatic rings. The number of carbonyl (C=O) groups is 2. The Morgan fingerprint density at radius 3 is 2.54 bits per heavy atom. The van der Waals surface area contributed by atoms with Crippen molar-refractivity contribution in [3.63, 3.8) is 0 Å². The summed E-state index contributed by atoms with van der Waals surface area (Å²) in [4.78, 5) is 28.6. The van der Waals surface area contributed by atoms with Gasteiger partial charge in [-0.25, -0.2) is 9.78 Å². The number of aromatic nitrogens is 2. The van der Waals surface area contributed by atoms with Crippen LogP contribution in [0.3, 0.4) is 0 Å². The third kappa shape index (κ3) is 3.55. The highest BCUT2D eigenvalue weighted by molar-refractivity contribution is 6.34. The van der Waals surface area contributed by atoms with E-state index in [9.17, 15) is 9.59 Å². The summed E-state index contributed by atoms with van der Waals surface area (Å²) in [6.45, 7) is 3.51. The molecule has 5 nitrogen and oxygen atoms in total. The number of rotatable bonds is 4. The third-order valence-electron chi connectivity index (χ3n) is 4.53. The lowest BCUT2D eigenvalue weighted by atomic mass is 10.1. The summed E-state index contributed by atoms with van der Waals surface area (Å²) in [5.74, 6) is -0.350. The van der Waals surface area contributed by atoms with Gasteiger partial charge in [0.1, 0.15) is 5.76 Å². The van der Waals surface area contributed by atoms with E-state index in [-0.39, 0.29) is 28.0 Å². The highest BCUT2D eigenvalue weighted by Crippen LogP contribution is 2.31. The SMILES string of the molecule is C/C(OC(=O)c1c(Cl)nc(Cl)n1[C@H](C)c1ccccc1)=C1\CCCC1=O. The van der Waals surface area contributed by atoms with Crippen molar-refractivity contribution in [2.24, 2.45) is 0 Å². The van der Waals surface area contributed by atoms with Crippen molar-refractivity contribution in [3.8, 4) is 0 Å². The van der Waals surface area contributed by atoms with Gasteiger partial charge in [0.2, 0.25) is 5.28 Å². The normalized spacial score (nSPS) is 17.3. The molecule has 7 heteroatoms. The van der Waals surface area contributed by atoms with Gasteiger partial charge in [-0.3, -0.25) is 4.79 Å². The van der Waals surface area contributed by atoms with Crippen LogP contribution < -0.4 is 0 Å². The summed E-state index contributed by atoms with van der Waals surface area (Å²) in [6, 6.07) is 9.28. The highest BCUT2D eigenvalue weighted by atomic mass is 35.5. The lowest BCUT2D eigenvalue weighted by Crippen LogP contribution is -2.17. The van der Waals surface area contributed by atoms with Gasteiger partial charge in [-0.05, 0) is 43.9 Å². The molecule has 136 valence electrons. The van der Waals surface area contributed by atoms with E-state index in [1.165, 1.54) is 4.57 Å². The van der Waals surface area contributed by atoms with Gasteiger partial charge in [0.25, 0.3) is 0 Å². The molecule has 26 heavy (non-hydrogen) atoms. The molecule has 3 rings (SSSR count). The molecule has 0 N–H and O–H groups in total. The number of hydrogen-bond donors (Lipinski definition) is 0. The van der Waals surface area contributed by atoms with Crippen LogP contribution in [0, 0.1) is 0 Å². The van der Waals surface area contributed by atoms with Crippen LogP contribution in [0.25, 0.3) is 0 Å². The Balaban J connectivity index is 1.95. The summed E-state index contributed by atoms with van der Waals surface area (Å²) in [7, 11) is 0. The second-order valence-corrected chi connectivity index (χ2v) is 6.87. The predicted molar refractivity (Wildman–Crippen MR) is 99.5 cm³/mol. The second-order valence-electron chi connectivity index (χ2n) is 6.18. The van der Waals surface area contributed by atoms with E-state index >= 15 is 0 Å². The molecule has 0 radical (unpaired) electrons. The van der Waals surface area contributed by atoms with Crippen molar-refractivity contribution in [1.29, 1.82) is 0 Å². The van der Waals surface area contributed by atoms with Crippen LogP contribution in [0.15, 0.2) is 41.7 Å². The molecule has 1 atom stereocenters. The average molecular weight is 393 g/mol. The standard InChI is InChI=1S/C19H18Cl2N2O3/c1-11(13-7-4-3-5-8-13)23-16(17(20)22-19(23)21)18(25)26-12(2)14-9-6-10-15(14)24/h3-5,7-8,11H,6,9-10H2,1-2H3/b14-12-/t11-/m1/s1. The number of nitrogens with zero attached hydrogens (tertiary/aromatic N) is 2. The van der Waals surface area contributed by atoms with Crippen LogP contribution in [0.2, 0.25) is 10.4 Å². The van der Waals surface area contributed by atoms with Crippen LogP contribution in [0.5, 0.6) is 0 Å². The quantitative estimate of drug-likeness (QED) is 0.418. The maximum atomic E-state index is 12.7. The predicted octanol–water partition coefficient (Wildman–Crippen LogP) is 4.98. The number of imidazole rings is 1. The minimum atomic E-state index is -0.679. The molecule has 0 saturated heterocycles. The van der Waals surface area contributed by atoms with Crippen LogP contribution in [-0.4, -0.2) is 21.3 Å². The smallest absolute Gasteiger partial charge is 0.363 e. The van der Waals surface area contributed by atoms with E-state index in [4.69, 9.17) is 27.9 Å². The van der Waals surface area contributed by atoms with E-state index in [1.54, 1.807) is 6.92 Å². The fourth-order valence-electron chi connectivity index (χ4n) is 3.13. The molecular formula is C19H18Cl2N2O3. The van der Waals surface area contributed by atoms with Crippen molar-refractivity contribution >= 4 is 35.0 Å². The maximum Gasteiger partial charge on any atom is 0.363 e. The van der Waals surface area contributed by atoms with E-state index < -0.39 is 5.97 Å². The average Bonchev–Trinajstić information content (AvgIpc) is 3.17. The molecule has 1 aromatic heterocycles. The summed E-state index contributed by atoms with van der Waals surface area (Å²) in [5, 5.41) is 0.0684. The molecule has 0 unspecified atom stereocenters. The number of allylic oxidation sites excluding steroid dienone is 2. The highest BCUT2D eigenvalue weighted by Gasteiger charge is 2.28. The first-order chi connectivity index (χ1) is 12.4. The Hall–Kier alpha value is -2.11. The molecule has 2 aromatic rings. The van der Waals surface area contributed by atoms with Gasteiger partial charge in [-0.2, -0.15) is 0 Å². The zero-order valence-electron chi connectivity index (χ0n) is 14.5. The molecule has 0 bridgehead atoms. The minimum absolute atomic E-state index is 0.0191. The van der Waals surface area contributed by atoms with Crippen molar-refractivity contribution in [3.05, 3.63) is 63.4 Å². The number of hydrogen-bond acceptors (Lipinski definition) is 4. The number of benzene rings is 1. The van der Waals surface area contributed by atoms with E-state index in [2.05, 4.69) is 4.98 Å². The van der Waals surface area contributed by atoms with Gasteiger partial charge < -0.3 is 9.30 Å². The molecule has 0 amide bonds. The first-order valence-electron chi connectivity index (χ1n) is 8.33. The number of ether oxygens (including phenoxy) is 1. The van der Waals surface area contributed by atoms with E-state index in [1.807, 2.05) is 37.3 Å². The van der Waals surface area contributed by atoms with Crippen LogP contribution in [-0.2, 0) is 9.53 Å². The molecule has 1 saturated carbocycles. The summed E-state index contributed by atoms with van der Waals surface area (Å²) < 4.78 is 6.97.